The molecule has 0 aliphatic heterocycles. The van der Waals surface area contributed by atoms with Gasteiger partial charge in [0.2, 0.25) is 0 Å². The van der Waals surface area contributed by atoms with Gasteiger partial charge in [-0.3, -0.25) is 20.4 Å². The standard InChI is InChI=1S/C23H22N2O3/c1-16-10-12-21(17(2)14-16)28-15-23(27)25-24-22(26)13-11-19-8-5-7-18-6-3-4-9-20(18)19/h3-14H,15H2,1-2H3,(H,24,26)(H,25,27)/b13-11+. The predicted molar refractivity (Wildman–Crippen MR) is 111 cm³/mol. The van der Waals surface area contributed by atoms with Crippen molar-refractivity contribution in [2.75, 3.05) is 6.61 Å². The molecule has 0 spiro atoms. The normalized spacial score (nSPS) is 10.8. The Morgan fingerprint density at radius 3 is 2.57 bits per heavy atom. The van der Waals surface area contributed by atoms with Crippen LogP contribution in [-0.2, 0) is 9.59 Å². The number of fused-ring (bicyclic) bond motifs is 1. The number of hydrogen-bond donors (Lipinski definition) is 2. The van der Waals surface area contributed by atoms with Crippen LogP contribution >= 0.6 is 0 Å². The molecule has 0 unspecified atom stereocenters. The van der Waals surface area contributed by atoms with Crippen LogP contribution in [0, 0.1) is 13.8 Å². The molecular formula is C23H22N2O3. The van der Waals surface area contributed by atoms with Gasteiger partial charge in [-0.2, -0.15) is 0 Å². The summed E-state index contributed by atoms with van der Waals surface area (Å²) in [5, 5.41) is 2.15. The quantitative estimate of drug-likeness (QED) is 0.529. The first-order valence-corrected chi connectivity index (χ1v) is 8.97. The summed E-state index contributed by atoms with van der Waals surface area (Å²) in [4.78, 5) is 23.8. The number of ether oxygens (including phenoxy) is 1. The summed E-state index contributed by atoms with van der Waals surface area (Å²) >= 11 is 0. The lowest BCUT2D eigenvalue weighted by molar-refractivity contribution is -0.128. The van der Waals surface area contributed by atoms with Gasteiger partial charge in [0, 0.05) is 6.08 Å². The predicted octanol–water partition coefficient (Wildman–Crippen LogP) is 3.70. The average Bonchev–Trinajstić information content (AvgIpc) is 2.70. The van der Waals surface area contributed by atoms with Crippen LogP contribution < -0.4 is 15.6 Å². The van der Waals surface area contributed by atoms with Gasteiger partial charge >= 0.3 is 0 Å². The van der Waals surface area contributed by atoms with Crippen molar-refractivity contribution in [1.29, 1.82) is 0 Å². The Bertz CT molecular complexity index is 1040. The van der Waals surface area contributed by atoms with Gasteiger partial charge in [-0.1, -0.05) is 60.2 Å². The van der Waals surface area contributed by atoms with Crippen molar-refractivity contribution in [3.05, 3.63) is 83.4 Å². The summed E-state index contributed by atoms with van der Waals surface area (Å²) in [7, 11) is 0. The van der Waals surface area contributed by atoms with Crippen molar-refractivity contribution in [1.82, 2.24) is 10.9 Å². The van der Waals surface area contributed by atoms with E-state index in [0.29, 0.717) is 5.75 Å². The maximum Gasteiger partial charge on any atom is 0.276 e. The molecule has 142 valence electrons. The molecular weight excluding hydrogens is 352 g/mol. The molecule has 0 aromatic heterocycles. The Hall–Kier alpha value is -3.60. The zero-order valence-corrected chi connectivity index (χ0v) is 15.9. The van der Waals surface area contributed by atoms with Crippen LogP contribution in [0.25, 0.3) is 16.8 Å². The Kier molecular flexibility index (Phi) is 6.07. The van der Waals surface area contributed by atoms with Crippen LogP contribution in [0.5, 0.6) is 5.75 Å². The van der Waals surface area contributed by atoms with Crippen LogP contribution in [0.2, 0.25) is 0 Å². The molecule has 0 heterocycles. The number of hydrazine groups is 1. The number of carbonyl (C=O) groups is 2. The largest absolute Gasteiger partial charge is 0.483 e. The maximum atomic E-state index is 12.0. The van der Waals surface area contributed by atoms with Gasteiger partial charge < -0.3 is 4.74 Å². The molecule has 0 fully saturated rings. The zero-order chi connectivity index (χ0) is 19.9. The fourth-order valence-electron chi connectivity index (χ4n) is 2.87. The highest BCUT2D eigenvalue weighted by Gasteiger charge is 2.06. The zero-order valence-electron chi connectivity index (χ0n) is 15.9. The molecule has 0 radical (unpaired) electrons. The van der Waals surface area contributed by atoms with Crippen molar-refractivity contribution in [2.24, 2.45) is 0 Å². The highest BCUT2D eigenvalue weighted by atomic mass is 16.5. The third-order valence-electron chi connectivity index (χ3n) is 4.25. The maximum absolute atomic E-state index is 12.0. The Balaban J connectivity index is 1.51. The number of amides is 2. The van der Waals surface area contributed by atoms with Crippen LogP contribution in [0.4, 0.5) is 0 Å². The van der Waals surface area contributed by atoms with E-state index >= 15 is 0 Å². The van der Waals surface area contributed by atoms with E-state index in [-0.39, 0.29) is 6.61 Å². The summed E-state index contributed by atoms with van der Waals surface area (Å²) in [6.07, 6.45) is 3.10. The van der Waals surface area contributed by atoms with Crippen LogP contribution in [0.3, 0.4) is 0 Å². The van der Waals surface area contributed by atoms with Crippen molar-refractivity contribution in [3.63, 3.8) is 0 Å². The number of hydrogen-bond acceptors (Lipinski definition) is 3. The summed E-state index contributed by atoms with van der Waals surface area (Å²) < 4.78 is 5.48. The molecule has 0 saturated carbocycles. The van der Waals surface area contributed by atoms with Gasteiger partial charge in [0.1, 0.15) is 5.75 Å². The van der Waals surface area contributed by atoms with E-state index in [1.807, 2.05) is 74.5 Å². The minimum atomic E-state index is -0.438. The third-order valence-corrected chi connectivity index (χ3v) is 4.25. The van der Waals surface area contributed by atoms with Crippen LogP contribution in [0.15, 0.2) is 66.7 Å². The summed E-state index contributed by atoms with van der Waals surface area (Å²) in [6, 6.07) is 19.5. The lowest BCUT2D eigenvalue weighted by Gasteiger charge is -2.10. The second-order valence-electron chi connectivity index (χ2n) is 6.50. The van der Waals surface area contributed by atoms with Gasteiger partial charge in [-0.15, -0.1) is 0 Å². The monoisotopic (exact) mass is 374 g/mol. The summed E-state index contributed by atoms with van der Waals surface area (Å²) in [6.45, 7) is 3.72. The van der Waals surface area contributed by atoms with E-state index in [1.54, 1.807) is 6.08 Å². The molecule has 3 aromatic rings. The minimum Gasteiger partial charge on any atom is -0.483 e. The fourth-order valence-corrected chi connectivity index (χ4v) is 2.87. The van der Waals surface area contributed by atoms with Gasteiger partial charge in [-0.05, 0) is 47.9 Å². The summed E-state index contributed by atoms with van der Waals surface area (Å²) in [5.41, 5.74) is 7.70. The SMILES string of the molecule is Cc1ccc(OCC(=O)NNC(=O)/C=C/c2cccc3ccccc23)c(C)c1. The van der Waals surface area contributed by atoms with Gasteiger partial charge in [0.15, 0.2) is 6.61 Å². The highest BCUT2D eigenvalue weighted by Crippen LogP contribution is 2.20. The molecule has 0 atom stereocenters. The van der Waals surface area contributed by atoms with E-state index < -0.39 is 11.8 Å². The summed E-state index contributed by atoms with van der Waals surface area (Å²) in [5.74, 6) is -0.220. The first-order chi connectivity index (χ1) is 13.5. The van der Waals surface area contributed by atoms with Crippen LogP contribution in [0.1, 0.15) is 16.7 Å². The van der Waals surface area contributed by atoms with Gasteiger partial charge in [-0.25, -0.2) is 0 Å². The molecule has 3 rings (SSSR count). The van der Waals surface area contributed by atoms with E-state index in [0.717, 1.165) is 27.5 Å². The van der Waals surface area contributed by atoms with Crippen molar-refractivity contribution < 1.29 is 14.3 Å². The molecule has 5 heteroatoms. The lowest BCUT2D eigenvalue weighted by atomic mass is 10.0. The fraction of sp³-hybridized carbons (Fsp3) is 0.130. The van der Waals surface area contributed by atoms with E-state index in [4.69, 9.17) is 4.74 Å². The minimum absolute atomic E-state index is 0.183. The number of nitrogens with one attached hydrogen (secondary N) is 2. The second-order valence-corrected chi connectivity index (χ2v) is 6.50. The number of carbonyl (C=O) groups excluding carboxylic acids is 2. The van der Waals surface area contributed by atoms with Crippen molar-refractivity contribution >= 4 is 28.7 Å². The molecule has 5 nitrogen and oxygen atoms in total. The Morgan fingerprint density at radius 1 is 0.964 bits per heavy atom. The number of aryl methyl sites for hydroxylation is 2. The van der Waals surface area contributed by atoms with E-state index in [1.165, 1.54) is 6.08 Å². The molecule has 0 aliphatic carbocycles. The molecule has 3 aromatic carbocycles. The highest BCUT2D eigenvalue weighted by molar-refractivity contribution is 5.97. The topological polar surface area (TPSA) is 67.4 Å². The Labute approximate surface area is 164 Å². The number of rotatable bonds is 5. The second kappa shape index (κ2) is 8.86. The first-order valence-electron chi connectivity index (χ1n) is 8.97. The van der Waals surface area contributed by atoms with Crippen LogP contribution in [-0.4, -0.2) is 18.4 Å². The first kappa shape index (κ1) is 19.2. The smallest absolute Gasteiger partial charge is 0.276 e. The molecule has 2 amide bonds. The van der Waals surface area contributed by atoms with Gasteiger partial charge in [0.25, 0.3) is 11.8 Å². The third kappa shape index (κ3) is 4.98. The Morgan fingerprint density at radius 2 is 1.75 bits per heavy atom. The van der Waals surface area contributed by atoms with Crippen molar-refractivity contribution in [2.45, 2.75) is 13.8 Å². The van der Waals surface area contributed by atoms with Gasteiger partial charge in [0.05, 0.1) is 0 Å². The lowest BCUT2D eigenvalue weighted by Crippen LogP contribution is -2.43. The molecule has 0 aliphatic rings. The molecule has 28 heavy (non-hydrogen) atoms. The van der Waals surface area contributed by atoms with Crippen molar-refractivity contribution in [3.8, 4) is 5.75 Å². The van der Waals surface area contributed by atoms with E-state index in [2.05, 4.69) is 10.9 Å². The van der Waals surface area contributed by atoms with E-state index in [9.17, 15) is 9.59 Å². The number of benzene rings is 3. The average molecular weight is 374 g/mol. The molecule has 0 saturated heterocycles. The molecule has 0 bridgehead atoms. The molecule has 2 N–H and O–H groups in total.